The molecular formula is C11H10N2O4S. The van der Waals surface area contributed by atoms with Crippen LogP contribution in [0.1, 0.15) is 15.2 Å². The van der Waals surface area contributed by atoms with Gasteiger partial charge in [0, 0.05) is 6.42 Å². The molecule has 0 aliphatic rings. The lowest BCUT2D eigenvalue weighted by Gasteiger charge is -2.02. The van der Waals surface area contributed by atoms with Gasteiger partial charge in [-0.15, -0.1) is 11.3 Å². The molecule has 0 amide bonds. The lowest BCUT2D eigenvalue weighted by atomic mass is 10.1. The number of aldehydes is 1. The predicted molar refractivity (Wildman–Crippen MR) is 65.1 cm³/mol. The van der Waals surface area contributed by atoms with Gasteiger partial charge in [-0.1, -0.05) is 0 Å². The first-order chi connectivity index (χ1) is 8.72. The lowest BCUT2D eigenvalue weighted by Crippen LogP contribution is -2.03. The monoisotopic (exact) mass is 266 g/mol. The molecule has 0 fully saturated rings. The maximum Gasteiger partial charge on any atom is 0.348 e. The quantitative estimate of drug-likeness (QED) is 0.611. The van der Waals surface area contributed by atoms with E-state index in [0.717, 1.165) is 17.6 Å². The topological polar surface area (TPSA) is 78.4 Å². The van der Waals surface area contributed by atoms with Crippen molar-refractivity contribution in [2.45, 2.75) is 6.42 Å². The number of esters is 1. The SMILES string of the molecule is COC(=O)c1sc2ncnc(OC)c2c1CC=O. The van der Waals surface area contributed by atoms with Crippen molar-refractivity contribution in [3.05, 3.63) is 16.8 Å². The number of fused-ring (bicyclic) bond motifs is 1. The zero-order chi connectivity index (χ0) is 13.1. The molecule has 0 unspecified atom stereocenters. The van der Waals surface area contributed by atoms with E-state index in [0.29, 0.717) is 26.5 Å². The smallest absolute Gasteiger partial charge is 0.348 e. The van der Waals surface area contributed by atoms with Gasteiger partial charge in [-0.05, 0) is 5.56 Å². The summed E-state index contributed by atoms with van der Waals surface area (Å²) in [4.78, 5) is 31.4. The fourth-order valence-corrected chi connectivity index (χ4v) is 2.73. The van der Waals surface area contributed by atoms with E-state index in [1.165, 1.54) is 20.5 Å². The fraction of sp³-hybridized carbons (Fsp3) is 0.273. The van der Waals surface area contributed by atoms with Crippen LogP contribution in [0.3, 0.4) is 0 Å². The largest absolute Gasteiger partial charge is 0.480 e. The van der Waals surface area contributed by atoms with E-state index in [2.05, 4.69) is 9.97 Å². The van der Waals surface area contributed by atoms with Gasteiger partial charge in [-0.2, -0.15) is 0 Å². The first-order valence-corrected chi connectivity index (χ1v) is 5.86. The lowest BCUT2D eigenvalue weighted by molar-refractivity contribution is -0.107. The van der Waals surface area contributed by atoms with Crippen LogP contribution in [0.25, 0.3) is 10.2 Å². The second-order valence-electron chi connectivity index (χ2n) is 3.34. The molecule has 94 valence electrons. The van der Waals surface area contributed by atoms with Crippen LogP contribution >= 0.6 is 11.3 Å². The second-order valence-corrected chi connectivity index (χ2v) is 4.33. The van der Waals surface area contributed by atoms with Gasteiger partial charge in [0.05, 0.1) is 19.6 Å². The summed E-state index contributed by atoms with van der Waals surface area (Å²) < 4.78 is 9.82. The number of carbonyl (C=O) groups excluding carboxylic acids is 2. The maximum atomic E-state index is 11.7. The Kier molecular flexibility index (Phi) is 3.52. The Labute approximate surface area is 107 Å². The van der Waals surface area contributed by atoms with E-state index in [1.807, 2.05) is 0 Å². The van der Waals surface area contributed by atoms with Gasteiger partial charge < -0.3 is 14.3 Å². The van der Waals surface area contributed by atoms with Crippen molar-refractivity contribution in [3.8, 4) is 5.88 Å². The Morgan fingerprint density at radius 2 is 2.22 bits per heavy atom. The van der Waals surface area contributed by atoms with Gasteiger partial charge in [0.15, 0.2) is 0 Å². The first kappa shape index (κ1) is 12.4. The third-order valence-electron chi connectivity index (χ3n) is 2.40. The average Bonchev–Trinajstić information content (AvgIpc) is 2.77. The van der Waals surface area contributed by atoms with Gasteiger partial charge in [0.1, 0.15) is 22.3 Å². The molecule has 2 aromatic rings. The summed E-state index contributed by atoms with van der Waals surface area (Å²) in [6.07, 6.45) is 2.16. The van der Waals surface area contributed by atoms with E-state index < -0.39 is 5.97 Å². The molecule has 0 N–H and O–H groups in total. The molecule has 0 spiro atoms. The second kappa shape index (κ2) is 5.09. The third kappa shape index (κ3) is 1.92. The van der Waals surface area contributed by atoms with E-state index in [1.54, 1.807) is 0 Å². The van der Waals surface area contributed by atoms with Crippen molar-refractivity contribution < 1.29 is 19.1 Å². The minimum absolute atomic E-state index is 0.0914. The summed E-state index contributed by atoms with van der Waals surface area (Å²) in [5.41, 5.74) is 0.550. The number of nitrogens with zero attached hydrogens (tertiary/aromatic N) is 2. The summed E-state index contributed by atoms with van der Waals surface area (Å²) in [5, 5.41) is 0.595. The highest BCUT2D eigenvalue weighted by Gasteiger charge is 2.22. The summed E-state index contributed by atoms with van der Waals surface area (Å²) in [6, 6.07) is 0. The van der Waals surface area contributed by atoms with Crippen molar-refractivity contribution >= 4 is 33.8 Å². The molecule has 0 radical (unpaired) electrons. The number of aromatic nitrogens is 2. The Hall–Kier alpha value is -2.02. The third-order valence-corrected chi connectivity index (χ3v) is 3.52. The maximum absolute atomic E-state index is 11.7. The van der Waals surface area contributed by atoms with Crippen molar-refractivity contribution in [1.29, 1.82) is 0 Å². The predicted octanol–water partition coefficient (Wildman–Crippen LogP) is 1.23. The van der Waals surface area contributed by atoms with Crippen molar-refractivity contribution in [2.75, 3.05) is 14.2 Å². The molecule has 2 heterocycles. The molecule has 2 aromatic heterocycles. The number of hydrogen-bond donors (Lipinski definition) is 0. The normalized spacial score (nSPS) is 10.3. The fourth-order valence-electron chi connectivity index (χ4n) is 1.65. The molecule has 7 heteroatoms. The summed E-state index contributed by atoms with van der Waals surface area (Å²) >= 11 is 1.16. The van der Waals surface area contributed by atoms with E-state index in [4.69, 9.17) is 9.47 Å². The van der Waals surface area contributed by atoms with Gasteiger partial charge >= 0.3 is 5.97 Å². The molecule has 0 saturated heterocycles. The number of ether oxygens (including phenoxy) is 2. The summed E-state index contributed by atoms with van der Waals surface area (Å²) in [5.74, 6) is -0.139. The molecule has 0 atom stereocenters. The molecule has 0 saturated carbocycles. The molecule has 0 bridgehead atoms. The van der Waals surface area contributed by atoms with Crippen LogP contribution in [0, 0.1) is 0 Å². The van der Waals surface area contributed by atoms with Crippen molar-refractivity contribution in [3.63, 3.8) is 0 Å². The highest BCUT2D eigenvalue weighted by molar-refractivity contribution is 7.20. The van der Waals surface area contributed by atoms with Crippen molar-refractivity contribution in [1.82, 2.24) is 9.97 Å². The Bertz CT molecular complexity index is 608. The number of carbonyl (C=O) groups is 2. The Morgan fingerprint density at radius 3 is 2.83 bits per heavy atom. The van der Waals surface area contributed by atoms with Crippen LogP contribution in [0.4, 0.5) is 0 Å². The van der Waals surface area contributed by atoms with Gasteiger partial charge in [-0.25, -0.2) is 14.8 Å². The van der Waals surface area contributed by atoms with Crippen LogP contribution in [0.5, 0.6) is 5.88 Å². The van der Waals surface area contributed by atoms with Gasteiger partial charge in [0.25, 0.3) is 0 Å². The zero-order valence-corrected chi connectivity index (χ0v) is 10.6. The van der Waals surface area contributed by atoms with Crippen LogP contribution in [-0.2, 0) is 16.0 Å². The van der Waals surface area contributed by atoms with Crippen LogP contribution < -0.4 is 4.74 Å². The highest BCUT2D eigenvalue weighted by atomic mass is 32.1. The van der Waals surface area contributed by atoms with Crippen molar-refractivity contribution in [2.24, 2.45) is 0 Å². The van der Waals surface area contributed by atoms with Gasteiger partial charge in [0.2, 0.25) is 5.88 Å². The molecule has 0 aliphatic carbocycles. The Morgan fingerprint density at radius 1 is 1.44 bits per heavy atom. The standard InChI is InChI=1S/C11H10N2O4S/c1-16-9-7-6(3-4-14)8(11(15)17-2)18-10(7)13-5-12-9/h4-5H,3H2,1-2H3. The number of thiophene rings is 1. The minimum Gasteiger partial charge on any atom is -0.480 e. The van der Waals surface area contributed by atoms with Crippen LogP contribution in [-0.4, -0.2) is 36.4 Å². The highest BCUT2D eigenvalue weighted by Crippen LogP contribution is 2.35. The molecule has 2 rings (SSSR count). The molecule has 18 heavy (non-hydrogen) atoms. The molecular weight excluding hydrogens is 256 g/mol. The van der Waals surface area contributed by atoms with E-state index in [9.17, 15) is 9.59 Å². The first-order valence-electron chi connectivity index (χ1n) is 5.05. The number of hydrogen-bond acceptors (Lipinski definition) is 7. The van der Waals surface area contributed by atoms with E-state index >= 15 is 0 Å². The minimum atomic E-state index is -0.489. The molecule has 0 aromatic carbocycles. The zero-order valence-electron chi connectivity index (χ0n) is 9.80. The number of rotatable bonds is 4. The Balaban J connectivity index is 2.76. The summed E-state index contributed by atoms with van der Waals surface area (Å²) in [7, 11) is 2.77. The number of methoxy groups -OCH3 is 2. The van der Waals surface area contributed by atoms with E-state index in [-0.39, 0.29) is 6.42 Å². The summed E-state index contributed by atoms with van der Waals surface area (Å²) in [6.45, 7) is 0. The van der Waals surface area contributed by atoms with Gasteiger partial charge in [-0.3, -0.25) is 0 Å². The molecule has 0 aliphatic heterocycles. The molecule has 6 nitrogen and oxygen atoms in total. The van der Waals surface area contributed by atoms with Crippen LogP contribution in [0.2, 0.25) is 0 Å². The average molecular weight is 266 g/mol. The van der Waals surface area contributed by atoms with Crippen LogP contribution in [0.15, 0.2) is 6.33 Å².